The molecule has 1 rings (SSSR count). The Bertz CT molecular complexity index is 332. The molecule has 0 radical (unpaired) electrons. The van der Waals surface area contributed by atoms with Gasteiger partial charge < -0.3 is 15.5 Å². The van der Waals surface area contributed by atoms with Crippen molar-refractivity contribution in [1.29, 1.82) is 0 Å². The Hall–Kier alpha value is -1.10. The van der Waals surface area contributed by atoms with Gasteiger partial charge in [0.1, 0.15) is 0 Å². The molecule has 0 bridgehead atoms. The highest BCUT2D eigenvalue weighted by Crippen LogP contribution is 2.43. The lowest BCUT2D eigenvalue weighted by molar-refractivity contribution is -0.140. The zero-order valence-electron chi connectivity index (χ0n) is 11.9. The van der Waals surface area contributed by atoms with E-state index in [4.69, 9.17) is 5.11 Å². The number of hydrogen-bond acceptors (Lipinski definition) is 3. The normalized spacial score (nSPS) is 20.8. The van der Waals surface area contributed by atoms with Crippen LogP contribution in [0.3, 0.4) is 0 Å². The first-order valence-electron chi connectivity index (χ1n) is 6.99. The minimum absolute atomic E-state index is 0.0601. The molecule has 19 heavy (non-hydrogen) atoms. The molecule has 1 amide bonds. The summed E-state index contributed by atoms with van der Waals surface area (Å²) < 4.78 is 0. The molecular formula is C14H25NO4. The van der Waals surface area contributed by atoms with Crippen molar-refractivity contribution in [2.24, 2.45) is 5.41 Å². The van der Waals surface area contributed by atoms with E-state index >= 15 is 0 Å². The van der Waals surface area contributed by atoms with Gasteiger partial charge in [-0.1, -0.05) is 19.8 Å². The Kier molecular flexibility index (Phi) is 5.35. The number of aliphatic hydroxyl groups is 1. The van der Waals surface area contributed by atoms with E-state index in [2.05, 4.69) is 5.32 Å². The van der Waals surface area contributed by atoms with E-state index in [0.29, 0.717) is 6.42 Å². The highest BCUT2D eigenvalue weighted by Gasteiger charge is 2.38. The number of carbonyl (C=O) groups excluding carboxylic acids is 1. The average molecular weight is 271 g/mol. The van der Waals surface area contributed by atoms with E-state index in [-0.39, 0.29) is 30.7 Å². The minimum Gasteiger partial charge on any atom is -0.481 e. The number of nitrogens with one attached hydrogen (secondary N) is 1. The molecule has 110 valence electrons. The van der Waals surface area contributed by atoms with Crippen LogP contribution in [-0.4, -0.2) is 34.2 Å². The monoisotopic (exact) mass is 271 g/mol. The lowest BCUT2D eigenvalue weighted by atomic mass is 9.79. The van der Waals surface area contributed by atoms with Crippen LogP contribution < -0.4 is 5.32 Å². The van der Waals surface area contributed by atoms with E-state index in [0.717, 1.165) is 25.7 Å². The molecule has 1 saturated carbocycles. The Morgan fingerprint density at radius 2 is 1.84 bits per heavy atom. The zero-order valence-corrected chi connectivity index (χ0v) is 11.9. The predicted octanol–water partition coefficient (Wildman–Crippen LogP) is 1.69. The number of carbonyl (C=O) groups is 2. The summed E-state index contributed by atoms with van der Waals surface area (Å²) in [6, 6.07) is 0. The number of rotatable bonds is 7. The van der Waals surface area contributed by atoms with Gasteiger partial charge in [0.2, 0.25) is 5.91 Å². The van der Waals surface area contributed by atoms with E-state index in [9.17, 15) is 14.7 Å². The average Bonchev–Trinajstić information content (AvgIpc) is 2.74. The molecule has 3 N–H and O–H groups in total. The lowest BCUT2D eigenvalue weighted by Gasteiger charge is -2.28. The fourth-order valence-corrected chi connectivity index (χ4v) is 2.68. The standard InChI is InChI=1S/C14H25NO4/c1-3-13(2,19)10-15-11(16)8-14(9-12(17)18)6-4-5-7-14/h19H,3-10H2,1-2H3,(H,15,16)(H,17,18). The van der Waals surface area contributed by atoms with Gasteiger partial charge in [0.15, 0.2) is 0 Å². The first kappa shape index (κ1) is 16.0. The van der Waals surface area contributed by atoms with Crippen LogP contribution in [0.25, 0.3) is 0 Å². The van der Waals surface area contributed by atoms with Crippen molar-refractivity contribution < 1.29 is 19.8 Å². The molecule has 1 atom stereocenters. The molecule has 5 nitrogen and oxygen atoms in total. The molecule has 0 aromatic carbocycles. The van der Waals surface area contributed by atoms with E-state index < -0.39 is 11.6 Å². The van der Waals surface area contributed by atoms with Crippen LogP contribution in [0.15, 0.2) is 0 Å². The summed E-state index contributed by atoms with van der Waals surface area (Å²) >= 11 is 0. The van der Waals surface area contributed by atoms with Gasteiger partial charge in [-0.25, -0.2) is 0 Å². The van der Waals surface area contributed by atoms with Crippen LogP contribution in [-0.2, 0) is 9.59 Å². The van der Waals surface area contributed by atoms with Gasteiger partial charge in [0.05, 0.1) is 12.0 Å². The van der Waals surface area contributed by atoms with E-state index in [1.807, 2.05) is 6.92 Å². The second-order valence-electron chi connectivity index (χ2n) is 6.08. The van der Waals surface area contributed by atoms with Crippen LogP contribution in [0.4, 0.5) is 0 Å². The molecule has 0 saturated heterocycles. The highest BCUT2D eigenvalue weighted by atomic mass is 16.4. The van der Waals surface area contributed by atoms with Crippen LogP contribution in [0.1, 0.15) is 58.8 Å². The van der Waals surface area contributed by atoms with Crippen molar-refractivity contribution in [3.63, 3.8) is 0 Å². The fraction of sp³-hybridized carbons (Fsp3) is 0.857. The van der Waals surface area contributed by atoms with Crippen molar-refractivity contribution in [1.82, 2.24) is 5.32 Å². The molecule has 1 unspecified atom stereocenters. The summed E-state index contributed by atoms with van der Waals surface area (Å²) in [5, 5.41) is 21.5. The number of carboxylic acid groups (broad SMARTS) is 1. The third-order valence-corrected chi connectivity index (χ3v) is 4.15. The summed E-state index contributed by atoms with van der Waals surface area (Å²) in [5.74, 6) is -0.993. The van der Waals surface area contributed by atoms with Crippen LogP contribution >= 0.6 is 0 Å². The fourth-order valence-electron chi connectivity index (χ4n) is 2.68. The molecule has 0 spiro atoms. The minimum atomic E-state index is -0.898. The number of aliphatic carboxylic acids is 1. The highest BCUT2D eigenvalue weighted by molar-refractivity contribution is 5.78. The molecule has 0 heterocycles. The summed E-state index contributed by atoms with van der Waals surface area (Å²) in [4.78, 5) is 22.9. The molecule has 0 aliphatic heterocycles. The van der Waals surface area contributed by atoms with Gasteiger partial charge in [-0.2, -0.15) is 0 Å². The van der Waals surface area contributed by atoms with Crippen LogP contribution in [0.5, 0.6) is 0 Å². The maximum atomic E-state index is 11.9. The molecule has 1 aliphatic carbocycles. The number of amides is 1. The summed E-state index contributed by atoms with van der Waals surface area (Å²) in [5.41, 5.74) is -1.28. The second kappa shape index (κ2) is 6.37. The SMILES string of the molecule is CCC(C)(O)CNC(=O)CC1(CC(=O)O)CCCC1. The van der Waals surface area contributed by atoms with Crippen molar-refractivity contribution in [2.45, 2.75) is 64.4 Å². The Balaban J connectivity index is 2.51. The maximum absolute atomic E-state index is 11.9. The van der Waals surface area contributed by atoms with Crippen molar-refractivity contribution in [3.05, 3.63) is 0 Å². The quantitative estimate of drug-likeness (QED) is 0.657. The van der Waals surface area contributed by atoms with Gasteiger partial charge in [-0.15, -0.1) is 0 Å². The van der Waals surface area contributed by atoms with Crippen LogP contribution in [0.2, 0.25) is 0 Å². The second-order valence-corrected chi connectivity index (χ2v) is 6.08. The van der Waals surface area contributed by atoms with Crippen LogP contribution in [0, 0.1) is 5.41 Å². The molecule has 1 fully saturated rings. The molecular weight excluding hydrogens is 246 g/mol. The Morgan fingerprint density at radius 3 is 2.32 bits per heavy atom. The third-order valence-electron chi connectivity index (χ3n) is 4.15. The topological polar surface area (TPSA) is 86.6 Å². The summed E-state index contributed by atoms with van der Waals surface area (Å²) in [7, 11) is 0. The number of carboxylic acids is 1. The van der Waals surface area contributed by atoms with Crippen molar-refractivity contribution in [3.8, 4) is 0 Å². The molecule has 0 aromatic heterocycles. The van der Waals surface area contributed by atoms with Gasteiger partial charge in [-0.05, 0) is 31.6 Å². The maximum Gasteiger partial charge on any atom is 0.303 e. The first-order chi connectivity index (χ1) is 8.79. The lowest BCUT2D eigenvalue weighted by Crippen LogP contribution is -2.41. The first-order valence-corrected chi connectivity index (χ1v) is 6.99. The molecule has 0 aromatic rings. The predicted molar refractivity (Wildman–Crippen MR) is 71.7 cm³/mol. The van der Waals surface area contributed by atoms with Crippen molar-refractivity contribution in [2.75, 3.05) is 6.54 Å². The van der Waals surface area contributed by atoms with E-state index in [1.54, 1.807) is 6.92 Å². The van der Waals surface area contributed by atoms with Crippen molar-refractivity contribution >= 4 is 11.9 Å². The molecule has 1 aliphatic rings. The largest absolute Gasteiger partial charge is 0.481 e. The van der Waals surface area contributed by atoms with Gasteiger partial charge in [-0.3, -0.25) is 9.59 Å². The van der Waals surface area contributed by atoms with Gasteiger partial charge in [0.25, 0.3) is 0 Å². The number of hydrogen-bond donors (Lipinski definition) is 3. The Morgan fingerprint density at radius 1 is 1.26 bits per heavy atom. The molecule has 5 heteroatoms. The van der Waals surface area contributed by atoms with E-state index in [1.165, 1.54) is 0 Å². The third kappa shape index (κ3) is 5.19. The van der Waals surface area contributed by atoms with Gasteiger partial charge in [0, 0.05) is 13.0 Å². The summed E-state index contributed by atoms with van der Waals surface area (Å²) in [6.07, 6.45) is 4.46. The van der Waals surface area contributed by atoms with Gasteiger partial charge >= 0.3 is 5.97 Å². The zero-order chi connectivity index (χ0) is 14.5. The smallest absolute Gasteiger partial charge is 0.303 e. The Labute approximate surface area is 114 Å². The summed E-state index contributed by atoms with van der Waals surface area (Å²) in [6.45, 7) is 3.75.